The van der Waals surface area contributed by atoms with E-state index < -0.39 is 0 Å². The van der Waals surface area contributed by atoms with Crippen molar-refractivity contribution in [2.75, 3.05) is 19.7 Å². The molecule has 1 aliphatic heterocycles. The number of hydrogen-bond acceptors (Lipinski definition) is 2. The van der Waals surface area contributed by atoms with E-state index >= 15 is 0 Å². The van der Waals surface area contributed by atoms with Crippen LogP contribution in [-0.4, -0.2) is 42.8 Å². The fraction of sp³-hybridized carbons (Fsp3) is 0.611. The van der Waals surface area contributed by atoms with E-state index in [4.69, 9.17) is 4.74 Å². The van der Waals surface area contributed by atoms with Crippen LogP contribution in [0.15, 0.2) is 30.3 Å². The second-order valence-corrected chi connectivity index (χ2v) is 6.39. The van der Waals surface area contributed by atoms with Gasteiger partial charge < -0.3 is 15.0 Å². The zero-order chi connectivity index (χ0) is 15.2. The van der Waals surface area contributed by atoms with Crippen molar-refractivity contribution < 1.29 is 9.53 Å². The van der Waals surface area contributed by atoms with Gasteiger partial charge in [0.1, 0.15) is 0 Å². The fourth-order valence-electron chi connectivity index (χ4n) is 3.39. The molecule has 1 N–H and O–H groups in total. The average Bonchev–Trinajstić information content (AvgIpc) is 3.07. The predicted octanol–water partition coefficient (Wildman–Crippen LogP) is 2.97. The number of carbonyl (C=O) groups excluding carboxylic acids is 1. The molecule has 1 saturated carbocycles. The lowest BCUT2D eigenvalue weighted by atomic mass is 10.1. The second kappa shape index (κ2) is 7.63. The maximum Gasteiger partial charge on any atom is 0.317 e. The van der Waals surface area contributed by atoms with Crippen LogP contribution in [0.5, 0.6) is 0 Å². The molecule has 2 fully saturated rings. The van der Waals surface area contributed by atoms with Crippen LogP contribution in [0, 0.1) is 0 Å². The van der Waals surface area contributed by atoms with Crippen molar-refractivity contribution in [1.82, 2.24) is 10.2 Å². The normalized spacial score (nSPS) is 22.7. The van der Waals surface area contributed by atoms with Crippen LogP contribution in [0.25, 0.3) is 0 Å². The van der Waals surface area contributed by atoms with E-state index in [9.17, 15) is 4.79 Å². The molecule has 1 unspecified atom stereocenters. The van der Waals surface area contributed by atoms with Crippen LogP contribution in [0.4, 0.5) is 4.79 Å². The summed E-state index contributed by atoms with van der Waals surface area (Å²) < 4.78 is 5.83. The molecule has 1 heterocycles. The Bertz CT molecular complexity index is 471. The van der Waals surface area contributed by atoms with Crippen molar-refractivity contribution >= 4 is 6.03 Å². The Hall–Kier alpha value is -1.55. The van der Waals surface area contributed by atoms with Crippen LogP contribution < -0.4 is 5.32 Å². The number of hydrogen-bond donors (Lipinski definition) is 1. The highest BCUT2D eigenvalue weighted by atomic mass is 16.5. The van der Waals surface area contributed by atoms with Gasteiger partial charge in [-0.1, -0.05) is 43.2 Å². The van der Waals surface area contributed by atoms with Gasteiger partial charge in [-0.3, -0.25) is 0 Å². The highest BCUT2D eigenvalue weighted by Crippen LogP contribution is 2.18. The van der Waals surface area contributed by atoms with Gasteiger partial charge in [0.15, 0.2) is 0 Å². The van der Waals surface area contributed by atoms with Crippen LogP contribution in [0.3, 0.4) is 0 Å². The Labute approximate surface area is 132 Å². The average molecular weight is 302 g/mol. The summed E-state index contributed by atoms with van der Waals surface area (Å²) in [7, 11) is 0. The first-order valence-electron chi connectivity index (χ1n) is 8.52. The van der Waals surface area contributed by atoms with E-state index in [2.05, 4.69) is 29.6 Å². The molecule has 1 aromatic carbocycles. The molecule has 2 aliphatic rings. The molecule has 3 rings (SSSR count). The third-order valence-electron chi connectivity index (χ3n) is 4.71. The Morgan fingerprint density at radius 1 is 1.23 bits per heavy atom. The predicted molar refractivity (Wildman–Crippen MR) is 86.9 cm³/mol. The summed E-state index contributed by atoms with van der Waals surface area (Å²) in [5.74, 6) is 0. The molecule has 1 atom stereocenters. The molecule has 0 aromatic heterocycles. The Morgan fingerprint density at radius 2 is 2.00 bits per heavy atom. The maximum atomic E-state index is 12.3. The van der Waals surface area contributed by atoms with Crippen molar-refractivity contribution in [3.8, 4) is 0 Å². The number of amides is 2. The third kappa shape index (κ3) is 4.23. The summed E-state index contributed by atoms with van der Waals surface area (Å²) in [5.41, 5.74) is 1.33. The minimum absolute atomic E-state index is 0.0971. The number of urea groups is 1. The van der Waals surface area contributed by atoms with Gasteiger partial charge in [-0.05, 0) is 31.2 Å². The second-order valence-electron chi connectivity index (χ2n) is 6.39. The largest absolute Gasteiger partial charge is 0.375 e. The molecule has 22 heavy (non-hydrogen) atoms. The highest BCUT2D eigenvalue weighted by molar-refractivity contribution is 5.74. The summed E-state index contributed by atoms with van der Waals surface area (Å²) >= 11 is 0. The van der Waals surface area contributed by atoms with Gasteiger partial charge >= 0.3 is 6.03 Å². The molecule has 0 bridgehead atoms. The quantitative estimate of drug-likeness (QED) is 0.929. The molecule has 1 saturated heterocycles. The summed E-state index contributed by atoms with van der Waals surface area (Å²) in [6, 6.07) is 10.9. The molecule has 4 nitrogen and oxygen atoms in total. The van der Waals surface area contributed by atoms with Gasteiger partial charge in [0.05, 0.1) is 12.7 Å². The Balaban J connectivity index is 1.45. The number of nitrogens with one attached hydrogen (secondary N) is 1. The monoisotopic (exact) mass is 302 g/mol. The Kier molecular flexibility index (Phi) is 5.33. The fourth-order valence-corrected chi connectivity index (χ4v) is 3.39. The van der Waals surface area contributed by atoms with Crippen molar-refractivity contribution in [3.05, 3.63) is 35.9 Å². The van der Waals surface area contributed by atoms with E-state index in [1.807, 2.05) is 11.0 Å². The van der Waals surface area contributed by atoms with E-state index in [1.54, 1.807) is 0 Å². The molecule has 0 spiro atoms. The van der Waals surface area contributed by atoms with Crippen molar-refractivity contribution in [1.29, 1.82) is 0 Å². The molecule has 1 aliphatic carbocycles. The number of aryl methyl sites for hydroxylation is 1. The molecular formula is C18H26N2O2. The van der Waals surface area contributed by atoms with Gasteiger partial charge in [-0.15, -0.1) is 0 Å². The highest BCUT2D eigenvalue weighted by Gasteiger charge is 2.26. The van der Waals surface area contributed by atoms with Crippen molar-refractivity contribution in [2.45, 2.75) is 50.7 Å². The maximum absolute atomic E-state index is 12.3. The number of benzene rings is 1. The minimum Gasteiger partial charge on any atom is -0.375 e. The lowest BCUT2D eigenvalue weighted by Crippen LogP contribution is -2.51. The smallest absolute Gasteiger partial charge is 0.317 e. The SMILES string of the molecule is O=C(NC1CCCC1)N1CCOC(CCc2ccccc2)C1. The van der Waals surface area contributed by atoms with Crippen molar-refractivity contribution in [2.24, 2.45) is 0 Å². The first-order chi connectivity index (χ1) is 10.8. The number of ether oxygens (including phenoxy) is 1. The van der Waals surface area contributed by atoms with Gasteiger partial charge in [0.25, 0.3) is 0 Å². The van der Waals surface area contributed by atoms with Gasteiger partial charge in [0, 0.05) is 19.1 Å². The lowest BCUT2D eigenvalue weighted by Gasteiger charge is -2.33. The van der Waals surface area contributed by atoms with E-state index in [0.29, 0.717) is 25.7 Å². The zero-order valence-corrected chi connectivity index (χ0v) is 13.2. The van der Waals surface area contributed by atoms with Gasteiger partial charge in [0.2, 0.25) is 0 Å². The number of rotatable bonds is 4. The molecular weight excluding hydrogens is 276 g/mol. The molecule has 1 aromatic rings. The van der Waals surface area contributed by atoms with Crippen LogP contribution in [-0.2, 0) is 11.2 Å². The number of nitrogens with zero attached hydrogens (tertiary/aromatic N) is 1. The van der Waals surface area contributed by atoms with Crippen LogP contribution >= 0.6 is 0 Å². The summed E-state index contributed by atoms with van der Waals surface area (Å²) in [6.07, 6.45) is 6.88. The summed E-state index contributed by atoms with van der Waals surface area (Å²) in [4.78, 5) is 14.3. The van der Waals surface area contributed by atoms with Crippen LogP contribution in [0.1, 0.15) is 37.7 Å². The van der Waals surface area contributed by atoms with E-state index in [-0.39, 0.29) is 12.1 Å². The van der Waals surface area contributed by atoms with E-state index in [1.165, 1.54) is 18.4 Å². The molecule has 2 amide bonds. The van der Waals surface area contributed by atoms with Crippen molar-refractivity contribution in [3.63, 3.8) is 0 Å². The summed E-state index contributed by atoms with van der Waals surface area (Å²) in [5, 5.41) is 3.17. The topological polar surface area (TPSA) is 41.6 Å². The standard InChI is InChI=1S/C18H26N2O2/c21-18(19-16-8-4-5-9-16)20-12-13-22-17(14-20)11-10-15-6-2-1-3-7-15/h1-3,6-7,16-17H,4-5,8-14H2,(H,19,21). The first kappa shape index (κ1) is 15.3. The van der Waals surface area contributed by atoms with Crippen LogP contribution in [0.2, 0.25) is 0 Å². The molecule has 120 valence electrons. The first-order valence-corrected chi connectivity index (χ1v) is 8.52. The van der Waals surface area contributed by atoms with Gasteiger partial charge in [-0.2, -0.15) is 0 Å². The third-order valence-corrected chi connectivity index (χ3v) is 4.71. The summed E-state index contributed by atoms with van der Waals surface area (Å²) in [6.45, 7) is 2.07. The lowest BCUT2D eigenvalue weighted by molar-refractivity contribution is -0.0179. The minimum atomic E-state index is 0.0971. The Morgan fingerprint density at radius 3 is 2.77 bits per heavy atom. The number of carbonyl (C=O) groups is 1. The molecule has 0 radical (unpaired) electrons. The number of morpholine rings is 1. The molecule has 4 heteroatoms. The van der Waals surface area contributed by atoms with Gasteiger partial charge in [-0.25, -0.2) is 4.79 Å². The van der Waals surface area contributed by atoms with E-state index in [0.717, 1.165) is 25.7 Å². The zero-order valence-electron chi connectivity index (χ0n) is 13.2.